The number of carbonyl (C=O) groups is 1. The van der Waals surface area contributed by atoms with Gasteiger partial charge in [0.25, 0.3) is 5.91 Å². The molecule has 0 aliphatic carbocycles. The minimum atomic E-state index is -0.126. The first kappa shape index (κ1) is 17.3. The van der Waals surface area contributed by atoms with Crippen LogP contribution in [0.1, 0.15) is 35.3 Å². The molecule has 0 radical (unpaired) electrons. The Balaban J connectivity index is 1.58. The number of nitrogens with zero attached hydrogens (tertiary/aromatic N) is 3. The molecule has 2 heterocycles. The SMILES string of the molecule is Cc1c(C(=O)Nc2ccccc2N2CCCCC2)cnn1-c1ccccc1. The van der Waals surface area contributed by atoms with Gasteiger partial charge in [-0.25, -0.2) is 4.68 Å². The van der Waals surface area contributed by atoms with E-state index in [4.69, 9.17) is 0 Å². The third kappa shape index (κ3) is 3.58. The lowest BCUT2D eigenvalue weighted by molar-refractivity contribution is 0.102. The molecule has 1 N–H and O–H groups in total. The average molecular weight is 360 g/mol. The molecule has 138 valence electrons. The maximum absolute atomic E-state index is 12.9. The Morgan fingerprint density at radius 3 is 2.44 bits per heavy atom. The van der Waals surface area contributed by atoms with E-state index in [9.17, 15) is 4.79 Å². The number of benzene rings is 2. The quantitative estimate of drug-likeness (QED) is 0.749. The van der Waals surface area contributed by atoms with Gasteiger partial charge in [0.05, 0.1) is 34.5 Å². The van der Waals surface area contributed by atoms with Crippen molar-refractivity contribution in [1.29, 1.82) is 0 Å². The molecule has 0 unspecified atom stereocenters. The zero-order valence-corrected chi connectivity index (χ0v) is 15.6. The highest BCUT2D eigenvalue weighted by Gasteiger charge is 2.19. The van der Waals surface area contributed by atoms with Gasteiger partial charge in [0.2, 0.25) is 0 Å². The van der Waals surface area contributed by atoms with E-state index in [1.165, 1.54) is 19.3 Å². The molecule has 0 atom stereocenters. The van der Waals surface area contributed by atoms with Gasteiger partial charge in [-0.2, -0.15) is 5.10 Å². The van der Waals surface area contributed by atoms with Crippen LogP contribution in [-0.4, -0.2) is 28.8 Å². The van der Waals surface area contributed by atoms with Crippen molar-refractivity contribution in [3.05, 3.63) is 72.1 Å². The van der Waals surface area contributed by atoms with Crippen LogP contribution in [0.15, 0.2) is 60.8 Å². The Kier molecular flexibility index (Phi) is 4.92. The number of hydrogen-bond donors (Lipinski definition) is 1. The van der Waals surface area contributed by atoms with Crippen LogP contribution >= 0.6 is 0 Å². The van der Waals surface area contributed by atoms with Crippen molar-refractivity contribution in [1.82, 2.24) is 9.78 Å². The third-order valence-corrected chi connectivity index (χ3v) is 5.10. The monoisotopic (exact) mass is 360 g/mol. The topological polar surface area (TPSA) is 50.2 Å². The molecule has 2 aromatic carbocycles. The summed E-state index contributed by atoms with van der Waals surface area (Å²) in [6.45, 7) is 4.00. The Morgan fingerprint density at radius 1 is 0.963 bits per heavy atom. The molecule has 4 rings (SSSR count). The summed E-state index contributed by atoms with van der Waals surface area (Å²) in [5.74, 6) is -0.126. The number of rotatable bonds is 4. The van der Waals surface area contributed by atoms with E-state index >= 15 is 0 Å². The summed E-state index contributed by atoms with van der Waals surface area (Å²) in [7, 11) is 0. The molecule has 0 bridgehead atoms. The van der Waals surface area contributed by atoms with Crippen molar-refractivity contribution in [2.75, 3.05) is 23.3 Å². The molecule has 5 heteroatoms. The lowest BCUT2D eigenvalue weighted by Crippen LogP contribution is -2.30. The lowest BCUT2D eigenvalue weighted by Gasteiger charge is -2.30. The molecular weight excluding hydrogens is 336 g/mol. The molecule has 1 amide bonds. The summed E-state index contributed by atoms with van der Waals surface area (Å²) in [6.07, 6.45) is 5.32. The molecule has 3 aromatic rings. The Labute approximate surface area is 159 Å². The number of amides is 1. The van der Waals surface area contributed by atoms with Gasteiger partial charge in [0, 0.05) is 13.1 Å². The van der Waals surface area contributed by atoms with Gasteiger partial charge in [-0.1, -0.05) is 30.3 Å². The summed E-state index contributed by atoms with van der Waals surface area (Å²) in [5.41, 5.74) is 4.32. The van der Waals surface area contributed by atoms with Crippen molar-refractivity contribution >= 4 is 17.3 Å². The van der Waals surface area contributed by atoms with Gasteiger partial charge in [0.15, 0.2) is 0 Å². The van der Waals surface area contributed by atoms with E-state index in [0.29, 0.717) is 5.56 Å². The molecule has 0 saturated carbocycles. The summed E-state index contributed by atoms with van der Waals surface area (Å²) in [4.78, 5) is 15.3. The van der Waals surface area contributed by atoms with Crippen LogP contribution in [0, 0.1) is 6.92 Å². The van der Waals surface area contributed by atoms with Crippen LogP contribution in [0.4, 0.5) is 11.4 Å². The Morgan fingerprint density at radius 2 is 1.67 bits per heavy atom. The number of aromatic nitrogens is 2. The van der Waals surface area contributed by atoms with Gasteiger partial charge in [-0.3, -0.25) is 4.79 Å². The molecule has 5 nitrogen and oxygen atoms in total. The smallest absolute Gasteiger partial charge is 0.259 e. The summed E-state index contributed by atoms with van der Waals surface area (Å²) in [6, 6.07) is 17.9. The van der Waals surface area contributed by atoms with Crippen LogP contribution in [0.2, 0.25) is 0 Å². The maximum atomic E-state index is 12.9. The number of piperidine rings is 1. The van der Waals surface area contributed by atoms with Gasteiger partial charge in [-0.15, -0.1) is 0 Å². The van der Waals surface area contributed by atoms with E-state index in [0.717, 1.165) is 35.8 Å². The number of carbonyl (C=O) groups excluding carboxylic acids is 1. The molecule has 1 saturated heterocycles. The summed E-state index contributed by atoms with van der Waals surface area (Å²) in [5, 5.41) is 7.50. The zero-order valence-electron chi connectivity index (χ0n) is 15.6. The fourth-order valence-corrected chi connectivity index (χ4v) is 3.64. The van der Waals surface area contributed by atoms with Crippen molar-refractivity contribution in [2.24, 2.45) is 0 Å². The highest BCUT2D eigenvalue weighted by Crippen LogP contribution is 2.29. The van der Waals surface area contributed by atoms with Crippen LogP contribution in [0.3, 0.4) is 0 Å². The van der Waals surface area contributed by atoms with E-state index in [2.05, 4.69) is 21.4 Å². The first-order chi connectivity index (χ1) is 13.2. The highest BCUT2D eigenvalue weighted by molar-refractivity contribution is 6.06. The fourth-order valence-electron chi connectivity index (χ4n) is 3.64. The van der Waals surface area contributed by atoms with Gasteiger partial charge in [-0.05, 0) is 50.5 Å². The van der Waals surface area contributed by atoms with Crippen LogP contribution in [0.25, 0.3) is 5.69 Å². The Bertz CT molecular complexity index is 926. The number of para-hydroxylation sites is 3. The molecule has 1 aliphatic heterocycles. The van der Waals surface area contributed by atoms with Crippen LogP contribution in [-0.2, 0) is 0 Å². The van der Waals surface area contributed by atoms with Gasteiger partial charge >= 0.3 is 0 Å². The first-order valence-corrected chi connectivity index (χ1v) is 9.49. The van der Waals surface area contributed by atoms with Crippen molar-refractivity contribution < 1.29 is 4.79 Å². The minimum absolute atomic E-state index is 0.126. The molecular formula is C22H24N4O. The molecule has 27 heavy (non-hydrogen) atoms. The van der Waals surface area contributed by atoms with E-state index in [1.54, 1.807) is 10.9 Å². The maximum Gasteiger partial charge on any atom is 0.259 e. The molecule has 1 aromatic heterocycles. The predicted octanol–water partition coefficient (Wildman–Crippen LogP) is 4.42. The first-order valence-electron chi connectivity index (χ1n) is 9.49. The predicted molar refractivity (Wildman–Crippen MR) is 109 cm³/mol. The van der Waals surface area contributed by atoms with Crippen molar-refractivity contribution in [3.63, 3.8) is 0 Å². The summed E-state index contributed by atoms with van der Waals surface area (Å²) >= 11 is 0. The van der Waals surface area contributed by atoms with E-state index in [1.807, 2.05) is 55.5 Å². The second-order valence-electron chi connectivity index (χ2n) is 6.91. The molecule has 1 aliphatic rings. The third-order valence-electron chi connectivity index (χ3n) is 5.10. The van der Waals surface area contributed by atoms with Crippen LogP contribution < -0.4 is 10.2 Å². The van der Waals surface area contributed by atoms with Gasteiger partial charge < -0.3 is 10.2 Å². The molecule has 1 fully saturated rings. The number of nitrogens with one attached hydrogen (secondary N) is 1. The standard InChI is InChI=1S/C22H24N4O/c1-17-19(16-23-26(17)18-10-4-2-5-11-18)22(27)24-20-12-6-7-13-21(20)25-14-8-3-9-15-25/h2,4-7,10-13,16H,3,8-9,14-15H2,1H3,(H,24,27). The number of hydrogen-bond acceptors (Lipinski definition) is 3. The average Bonchev–Trinajstić information content (AvgIpc) is 3.11. The highest BCUT2D eigenvalue weighted by atomic mass is 16.1. The fraction of sp³-hybridized carbons (Fsp3) is 0.273. The van der Waals surface area contributed by atoms with E-state index < -0.39 is 0 Å². The van der Waals surface area contributed by atoms with Crippen molar-refractivity contribution in [2.45, 2.75) is 26.2 Å². The zero-order chi connectivity index (χ0) is 18.6. The van der Waals surface area contributed by atoms with Gasteiger partial charge in [0.1, 0.15) is 0 Å². The normalized spacial score (nSPS) is 14.2. The van der Waals surface area contributed by atoms with E-state index in [-0.39, 0.29) is 5.91 Å². The second-order valence-corrected chi connectivity index (χ2v) is 6.91. The largest absolute Gasteiger partial charge is 0.370 e. The second kappa shape index (κ2) is 7.66. The number of anilines is 2. The lowest BCUT2D eigenvalue weighted by atomic mass is 10.1. The Hall–Kier alpha value is -3.08. The minimum Gasteiger partial charge on any atom is -0.370 e. The molecule has 0 spiro atoms. The van der Waals surface area contributed by atoms with Crippen LogP contribution in [0.5, 0.6) is 0 Å². The van der Waals surface area contributed by atoms with Crippen molar-refractivity contribution in [3.8, 4) is 5.69 Å². The summed E-state index contributed by atoms with van der Waals surface area (Å²) < 4.78 is 1.80.